The molecule has 0 aromatic heterocycles. The first kappa shape index (κ1) is 15.4. The van der Waals surface area contributed by atoms with E-state index in [1.54, 1.807) is 18.9 Å². The number of ether oxygens (including phenoxy) is 1. The molecule has 0 fully saturated rings. The molecule has 2 aromatic carbocycles. The fourth-order valence-electron chi connectivity index (χ4n) is 1.98. The second-order valence-corrected chi connectivity index (χ2v) is 6.70. The van der Waals surface area contributed by atoms with Crippen LogP contribution in [-0.2, 0) is 0 Å². The zero-order chi connectivity index (χ0) is 14.5. The summed E-state index contributed by atoms with van der Waals surface area (Å²) in [5.41, 5.74) is 7.39. The standard InChI is InChI=1S/C16H18BrNOS/c1-11(18)16(12-7-9-13(17)10-8-12)20-15-6-4-3-5-14(15)19-2/h3-11,16H,18H2,1-2H3. The van der Waals surface area contributed by atoms with E-state index < -0.39 is 0 Å². The molecular weight excluding hydrogens is 334 g/mol. The maximum absolute atomic E-state index is 6.17. The molecule has 106 valence electrons. The maximum atomic E-state index is 6.17. The van der Waals surface area contributed by atoms with Gasteiger partial charge in [0.15, 0.2) is 0 Å². The number of nitrogens with two attached hydrogens (primary N) is 1. The molecule has 0 amide bonds. The van der Waals surface area contributed by atoms with Crippen LogP contribution in [0.5, 0.6) is 5.75 Å². The van der Waals surface area contributed by atoms with Crippen molar-refractivity contribution in [1.82, 2.24) is 0 Å². The van der Waals surface area contributed by atoms with E-state index in [0.29, 0.717) is 0 Å². The van der Waals surface area contributed by atoms with E-state index in [9.17, 15) is 0 Å². The predicted molar refractivity (Wildman–Crippen MR) is 89.4 cm³/mol. The van der Waals surface area contributed by atoms with Crippen molar-refractivity contribution in [1.29, 1.82) is 0 Å². The van der Waals surface area contributed by atoms with Crippen molar-refractivity contribution in [2.75, 3.05) is 7.11 Å². The molecule has 2 rings (SSSR count). The third kappa shape index (κ3) is 3.78. The summed E-state index contributed by atoms with van der Waals surface area (Å²) >= 11 is 5.20. The van der Waals surface area contributed by atoms with Gasteiger partial charge >= 0.3 is 0 Å². The first-order valence-electron chi connectivity index (χ1n) is 6.42. The zero-order valence-corrected chi connectivity index (χ0v) is 13.9. The van der Waals surface area contributed by atoms with E-state index in [1.165, 1.54) is 5.56 Å². The van der Waals surface area contributed by atoms with Crippen molar-refractivity contribution in [3.8, 4) is 5.75 Å². The molecule has 0 radical (unpaired) electrons. The number of thioether (sulfide) groups is 1. The van der Waals surface area contributed by atoms with Crippen LogP contribution in [0.3, 0.4) is 0 Å². The minimum atomic E-state index is 0.0473. The summed E-state index contributed by atoms with van der Waals surface area (Å²) in [6, 6.07) is 16.4. The SMILES string of the molecule is COc1ccccc1SC(c1ccc(Br)cc1)C(C)N. The Hall–Kier alpha value is -0.970. The Morgan fingerprint density at radius 1 is 1.10 bits per heavy atom. The molecule has 2 aromatic rings. The molecule has 0 aliphatic carbocycles. The first-order chi connectivity index (χ1) is 9.61. The van der Waals surface area contributed by atoms with Gasteiger partial charge in [-0.3, -0.25) is 0 Å². The molecule has 4 heteroatoms. The molecule has 2 unspecified atom stereocenters. The van der Waals surface area contributed by atoms with Gasteiger partial charge in [-0.15, -0.1) is 11.8 Å². The minimum Gasteiger partial charge on any atom is -0.496 e. The third-order valence-corrected chi connectivity index (χ3v) is 5.07. The monoisotopic (exact) mass is 351 g/mol. The first-order valence-corrected chi connectivity index (χ1v) is 8.10. The number of para-hydroxylation sites is 1. The van der Waals surface area contributed by atoms with Crippen LogP contribution in [0, 0.1) is 0 Å². The highest BCUT2D eigenvalue weighted by molar-refractivity contribution is 9.10. The van der Waals surface area contributed by atoms with E-state index in [-0.39, 0.29) is 11.3 Å². The van der Waals surface area contributed by atoms with Crippen molar-refractivity contribution < 1.29 is 4.74 Å². The number of hydrogen-bond donors (Lipinski definition) is 1. The summed E-state index contributed by atoms with van der Waals surface area (Å²) < 4.78 is 6.49. The molecule has 0 bridgehead atoms. The van der Waals surface area contributed by atoms with Gasteiger partial charge < -0.3 is 10.5 Å². The van der Waals surface area contributed by atoms with E-state index in [1.807, 2.05) is 37.3 Å². The van der Waals surface area contributed by atoms with Crippen molar-refractivity contribution in [3.63, 3.8) is 0 Å². The molecular formula is C16H18BrNOS. The van der Waals surface area contributed by atoms with Crippen LogP contribution >= 0.6 is 27.7 Å². The van der Waals surface area contributed by atoms with Gasteiger partial charge in [0.2, 0.25) is 0 Å². The molecule has 2 atom stereocenters. The Labute approximate surface area is 132 Å². The Kier molecular flexibility index (Phi) is 5.52. The fraction of sp³-hybridized carbons (Fsp3) is 0.250. The topological polar surface area (TPSA) is 35.2 Å². The van der Waals surface area contributed by atoms with Crippen LogP contribution in [0.2, 0.25) is 0 Å². The average Bonchev–Trinajstić information content (AvgIpc) is 2.46. The normalized spacial score (nSPS) is 13.8. The second kappa shape index (κ2) is 7.16. The number of halogens is 1. The maximum Gasteiger partial charge on any atom is 0.132 e. The lowest BCUT2D eigenvalue weighted by Crippen LogP contribution is -2.22. The average molecular weight is 352 g/mol. The molecule has 0 saturated heterocycles. The summed E-state index contributed by atoms with van der Waals surface area (Å²) in [7, 11) is 1.69. The van der Waals surface area contributed by atoms with Crippen molar-refractivity contribution >= 4 is 27.7 Å². The predicted octanol–water partition coefficient (Wildman–Crippen LogP) is 4.64. The molecule has 2 nitrogen and oxygen atoms in total. The number of hydrogen-bond acceptors (Lipinski definition) is 3. The van der Waals surface area contributed by atoms with E-state index >= 15 is 0 Å². The van der Waals surface area contributed by atoms with Crippen molar-refractivity contribution in [2.45, 2.75) is 23.1 Å². The highest BCUT2D eigenvalue weighted by Gasteiger charge is 2.19. The third-order valence-electron chi connectivity index (χ3n) is 3.00. The van der Waals surface area contributed by atoms with Crippen molar-refractivity contribution in [2.24, 2.45) is 5.73 Å². The van der Waals surface area contributed by atoms with Crippen LogP contribution in [0.1, 0.15) is 17.7 Å². The largest absolute Gasteiger partial charge is 0.496 e. The smallest absolute Gasteiger partial charge is 0.132 e. The van der Waals surface area contributed by atoms with Crippen LogP contribution in [0.15, 0.2) is 57.9 Å². The van der Waals surface area contributed by atoms with Crippen molar-refractivity contribution in [3.05, 3.63) is 58.6 Å². The molecule has 2 N–H and O–H groups in total. The Morgan fingerprint density at radius 3 is 2.35 bits per heavy atom. The Balaban J connectivity index is 2.28. The quantitative estimate of drug-likeness (QED) is 0.797. The van der Waals surface area contributed by atoms with Gasteiger partial charge in [-0.05, 0) is 36.8 Å². The van der Waals surface area contributed by atoms with E-state index in [4.69, 9.17) is 10.5 Å². The van der Waals surface area contributed by atoms with E-state index in [0.717, 1.165) is 15.1 Å². The van der Waals surface area contributed by atoms with Crippen LogP contribution in [0.4, 0.5) is 0 Å². The van der Waals surface area contributed by atoms with Gasteiger partial charge in [-0.1, -0.05) is 40.2 Å². The van der Waals surface area contributed by atoms with Crippen LogP contribution in [0.25, 0.3) is 0 Å². The minimum absolute atomic E-state index is 0.0473. The molecule has 0 heterocycles. The molecule has 20 heavy (non-hydrogen) atoms. The second-order valence-electron chi connectivity index (χ2n) is 4.60. The molecule has 0 saturated carbocycles. The van der Waals surface area contributed by atoms with Gasteiger partial charge in [0.25, 0.3) is 0 Å². The summed E-state index contributed by atoms with van der Waals surface area (Å²) in [6.45, 7) is 2.04. The van der Waals surface area contributed by atoms with Crippen LogP contribution in [-0.4, -0.2) is 13.2 Å². The van der Waals surface area contributed by atoms with E-state index in [2.05, 4.69) is 34.1 Å². The Bertz CT molecular complexity index is 557. The summed E-state index contributed by atoms with van der Waals surface area (Å²) in [6.07, 6.45) is 0. The van der Waals surface area contributed by atoms with Crippen LogP contribution < -0.4 is 10.5 Å². The number of rotatable bonds is 5. The van der Waals surface area contributed by atoms with Gasteiger partial charge in [0, 0.05) is 20.7 Å². The zero-order valence-electron chi connectivity index (χ0n) is 11.5. The van der Waals surface area contributed by atoms with Gasteiger partial charge in [-0.25, -0.2) is 0 Å². The fourth-order valence-corrected chi connectivity index (χ4v) is 3.45. The lowest BCUT2D eigenvalue weighted by Gasteiger charge is -2.22. The molecule has 0 aliphatic rings. The summed E-state index contributed by atoms with van der Waals surface area (Å²) in [5, 5.41) is 0.194. The summed E-state index contributed by atoms with van der Waals surface area (Å²) in [4.78, 5) is 1.11. The van der Waals surface area contributed by atoms with Gasteiger partial charge in [0.05, 0.1) is 7.11 Å². The highest BCUT2D eigenvalue weighted by Crippen LogP contribution is 2.41. The molecule has 0 spiro atoms. The number of benzene rings is 2. The lowest BCUT2D eigenvalue weighted by molar-refractivity contribution is 0.404. The van der Waals surface area contributed by atoms with Gasteiger partial charge in [-0.2, -0.15) is 0 Å². The highest BCUT2D eigenvalue weighted by atomic mass is 79.9. The van der Waals surface area contributed by atoms with Gasteiger partial charge in [0.1, 0.15) is 5.75 Å². The Morgan fingerprint density at radius 2 is 1.75 bits per heavy atom. The lowest BCUT2D eigenvalue weighted by atomic mass is 10.1. The number of methoxy groups -OCH3 is 1. The molecule has 0 aliphatic heterocycles. The summed E-state index contributed by atoms with van der Waals surface area (Å²) in [5.74, 6) is 0.889.